The van der Waals surface area contributed by atoms with Gasteiger partial charge in [-0.3, -0.25) is 4.79 Å². The number of ether oxygens (including phenoxy) is 1. The molecule has 0 bridgehead atoms. The van der Waals surface area contributed by atoms with Gasteiger partial charge in [-0.05, 0) is 38.1 Å². The minimum Gasteiger partial charge on any atom is -0.497 e. The number of hydrazone groups is 1. The summed E-state index contributed by atoms with van der Waals surface area (Å²) in [7, 11) is 1.64. The van der Waals surface area contributed by atoms with Crippen LogP contribution in [0.5, 0.6) is 5.75 Å². The van der Waals surface area contributed by atoms with Crippen molar-refractivity contribution in [1.82, 2.24) is 5.01 Å². The zero-order chi connectivity index (χ0) is 18.3. The highest BCUT2D eigenvalue weighted by Gasteiger charge is 2.40. The first-order chi connectivity index (χ1) is 12.5. The molecule has 5 nitrogen and oxygen atoms in total. The summed E-state index contributed by atoms with van der Waals surface area (Å²) < 4.78 is 11.0. The minimum absolute atomic E-state index is 0.232. The lowest BCUT2D eigenvalue weighted by molar-refractivity contribution is 0.0581. The van der Waals surface area contributed by atoms with E-state index < -0.39 is 5.54 Å². The zero-order valence-electron chi connectivity index (χ0n) is 15.0. The van der Waals surface area contributed by atoms with Crippen LogP contribution < -0.4 is 4.74 Å². The normalized spacial score (nSPS) is 16.0. The summed E-state index contributed by atoms with van der Waals surface area (Å²) in [5.41, 5.74) is 2.08. The van der Waals surface area contributed by atoms with Gasteiger partial charge in [0.2, 0.25) is 0 Å². The average molecular weight is 348 g/mol. The van der Waals surface area contributed by atoms with Crippen molar-refractivity contribution in [2.45, 2.75) is 25.8 Å². The molecule has 26 heavy (non-hydrogen) atoms. The number of hydrogen-bond donors (Lipinski definition) is 0. The number of furan rings is 1. The Balaban J connectivity index is 1.69. The molecule has 2 aromatic carbocycles. The Kier molecular flexibility index (Phi) is 3.80. The van der Waals surface area contributed by atoms with Crippen LogP contribution in [0.2, 0.25) is 0 Å². The molecule has 0 N–H and O–H groups in total. The average Bonchev–Trinajstić information content (AvgIpc) is 3.21. The maximum Gasteiger partial charge on any atom is 0.310 e. The maximum absolute atomic E-state index is 13.0. The van der Waals surface area contributed by atoms with Crippen LogP contribution in [0, 0.1) is 0 Å². The highest BCUT2D eigenvalue weighted by Crippen LogP contribution is 2.32. The summed E-state index contributed by atoms with van der Waals surface area (Å²) in [6, 6.07) is 17.1. The van der Waals surface area contributed by atoms with Crippen LogP contribution in [-0.2, 0) is 0 Å². The molecule has 0 atom stereocenters. The summed E-state index contributed by atoms with van der Waals surface area (Å²) in [6.07, 6.45) is 0.659. The van der Waals surface area contributed by atoms with Crippen molar-refractivity contribution >= 4 is 22.6 Å². The fourth-order valence-corrected chi connectivity index (χ4v) is 3.25. The number of carbonyl (C=O) groups excluding carboxylic acids is 1. The number of amides is 1. The van der Waals surface area contributed by atoms with E-state index in [1.807, 2.05) is 62.4 Å². The van der Waals surface area contributed by atoms with Crippen molar-refractivity contribution in [1.29, 1.82) is 0 Å². The van der Waals surface area contributed by atoms with Crippen LogP contribution in [0.4, 0.5) is 0 Å². The first kappa shape index (κ1) is 16.4. The van der Waals surface area contributed by atoms with Crippen LogP contribution in [0.1, 0.15) is 36.4 Å². The van der Waals surface area contributed by atoms with Gasteiger partial charge in [-0.15, -0.1) is 0 Å². The molecule has 0 saturated carbocycles. The smallest absolute Gasteiger partial charge is 0.310 e. The van der Waals surface area contributed by atoms with Crippen LogP contribution in [-0.4, -0.2) is 29.3 Å². The molecule has 132 valence electrons. The van der Waals surface area contributed by atoms with Gasteiger partial charge in [0.15, 0.2) is 5.76 Å². The largest absolute Gasteiger partial charge is 0.497 e. The van der Waals surface area contributed by atoms with Gasteiger partial charge in [0.1, 0.15) is 11.3 Å². The number of benzene rings is 2. The second-order valence-electron chi connectivity index (χ2n) is 7.03. The Labute approximate surface area is 151 Å². The van der Waals surface area contributed by atoms with Crippen molar-refractivity contribution in [3.63, 3.8) is 0 Å². The van der Waals surface area contributed by atoms with E-state index in [-0.39, 0.29) is 5.91 Å². The predicted octanol–water partition coefficient (Wildman–Crippen LogP) is 4.47. The van der Waals surface area contributed by atoms with Gasteiger partial charge >= 0.3 is 5.91 Å². The molecule has 0 fully saturated rings. The predicted molar refractivity (Wildman–Crippen MR) is 101 cm³/mol. The summed E-state index contributed by atoms with van der Waals surface area (Å²) in [4.78, 5) is 13.0. The lowest BCUT2D eigenvalue weighted by Crippen LogP contribution is -2.40. The van der Waals surface area contributed by atoms with Crippen molar-refractivity contribution in [2.75, 3.05) is 7.11 Å². The van der Waals surface area contributed by atoms with Crippen molar-refractivity contribution in [2.24, 2.45) is 5.10 Å². The Hall–Kier alpha value is -3.08. The fraction of sp³-hybridized carbons (Fsp3) is 0.238. The molecule has 3 aromatic rings. The van der Waals surface area contributed by atoms with E-state index in [1.165, 1.54) is 5.01 Å². The van der Waals surface area contributed by atoms with E-state index in [9.17, 15) is 4.79 Å². The Morgan fingerprint density at radius 2 is 1.96 bits per heavy atom. The molecule has 0 spiro atoms. The number of fused-ring (bicyclic) bond motifs is 1. The SMILES string of the molecule is COc1cccc(C2=NN(C(=O)c3cc4ccccc4o3)C(C)(C)C2)c1. The number of hydrogen-bond acceptors (Lipinski definition) is 4. The third-order valence-electron chi connectivity index (χ3n) is 4.63. The second-order valence-corrected chi connectivity index (χ2v) is 7.03. The first-order valence-electron chi connectivity index (χ1n) is 8.53. The Morgan fingerprint density at radius 1 is 1.15 bits per heavy atom. The summed E-state index contributed by atoms with van der Waals surface area (Å²) in [5.74, 6) is 0.837. The molecule has 0 unspecified atom stereocenters. The standard InChI is InChI=1S/C21H20N2O3/c1-21(2)13-17(14-8-6-9-16(11-14)25-3)22-23(21)20(24)19-12-15-7-4-5-10-18(15)26-19/h4-12H,13H2,1-3H3. The number of carbonyl (C=O) groups is 1. The van der Waals surface area contributed by atoms with Gasteiger partial charge in [-0.25, -0.2) is 5.01 Å². The monoisotopic (exact) mass is 348 g/mol. The Bertz CT molecular complexity index is 984. The van der Waals surface area contributed by atoms with Crippen molar-refractivity contribution in [3.05, 3.63) is 65.9 Å². The van der Waals surface area contributed by atoms with Crippen molar-refractivity contribution in [3.8, 4) is 5.75 Å². The minimum atomic E-state index is -0.436. The van der Waals surface area contributed by atoms with Crippen LogP contribution in [0.15, 0.2) is 64.1 Å². The van der Waals surface area contributed by atoms with Gasteiger partial charge < -0.3 is 9.15 Å². The van der Waals surface area contributed by atoms with Gasteiger partial charge in [0, 0.05) is 17.4 Å². The van der Waals surface area contributed by atoms with E-state index >= 15 is 0 Å². The van der Waals surface area contributed by atoms with E-state index in [0.29, 0.717) is 17.8 Å². The van der Waals surface area contributed by atoms with Crippen molar-refractivity contribution < 1.29 is 13.9 Å². The topological polar surface area (TPSA) is 55.0 Å². The molecule has 4 rings (SSSR count). The second kappa shape index (κ2) is 6.02. The van der Waals surface area contributed by atoms with Gasteiger partial charge in [-0.2, -0.15) is 5.10 Å². The molecule has 0 saturated heterocycles. The number of para-hydroxylation sites is 1. The molecule has 1 aromatic heterocycles. The molecular weight excluding hydrogens is 328 g/mol. The van der Waals surface area contributed by atoms with Gasteiger partial charge in [-0.1, -0.05) is 30.3 Å². The number of rotatable bonds is 3. The first-order valence-corrected chi connectivity index (χ1v) is 8.53. The molecule has 5 heteroatoms. The number of nitrogens with zero attached hydrogens (tertiary/aromatic N) is 2. The number of methoxy groups -OCH3 is 1. The van der Waals surface area contributed by atoms with Gasteiger partial charge in [0.05, 0.1) is 18.4 Å². The zero-order valence-corrected chi connectivity index (χ0v) is 15.0. The van der Waals surface area contributed by atoms with E-state index in [2.05, 4.69) is 5.10 Å². The van der Waals surface area contributed by atoms with Crippen LogP contribution >= 0.6 is 0 Å². The fourth-order valence-electron chi connectivity index (χ4n) is 3.25. The van der Waals surface area contributed by atoms with E-state index in [1.54, 1.807) is 13.2 Å². The summed E-state index contributed by atoms with van der Waals surface area (Å²) >= 11 is 0. The molecule has 1 amide bonds. The van der Waals surface area contributed by atoms with Gasteiger partial charge in [0.25, 0.3) is 0 Å². The van der Waals surface area contributed by atoms with Crippen LogP contribution in [0.25, 0.3) is 11.0 Å². The Morgan fingerprint density at radius 3 is 2.73 bits per heavy atom. The lowest BCUT2D eigenvalue weighted by Gasteiger charge is -2.27. The molecule has 1 aliphatic heterocycles. The van der Waals surface area contributed by atoms with Crippen LogP contribution in [0.3, 0.4) is 0 Å². The molecule has 0 aliphatic carbocycles. The maximum atomic E-state index is 13.0. The molecular formula is C21H20N2O3. The molecule has 1 aliphatic rings. The third kappa shape index (κ3) is 2.75. The quantitative estimate of drug-likeness (QED) is 0.702. The summed E-state index contributed by atoms with van der Waals surface area (Å²) in [5, 5.41) is 7.05. The van der Waals surface area contributed by atoms with E-state index in [0.717, 1.165) is 22.4 Å². The lowest BCUT2D eigenvalue weighted by atomic mass is 9.94. The molecule has 0 radical (unpaired) electrons. The van der Waals surface area contributed by atoms with E-state index in [4.69, 9.17) is 9.15 Å². The molecule has 2 heterocycles. The third-order valence-corrected chi connectivity index (χ3v) is 4.63. The highest BCUT2D eigenvalue weighted by atomic mass is 16.5. The highest BCUT2D eigenvalue weighted by molar-refractivity contribution is 6.05. The summed E-state index contributed by atoms with van der Waals surface area (Å²) in [6.45, 7) is 4.01.